The number of piperazine rings is 1. The second kappa shape index (κ2) is 15.7. The van der Waals surface area contributed by atoms with E-state index in [1.807, 2.05) is 60.7 Å². The molecule has 4 aromatic rings. The van der Waals surface area contributed by atoms with Gasteiger partial charge in [-0.2, -0.15) is 17.5 Å². The Bertz CT molecular complexity index is 1450. The van der Waals surface area contributed by atoms with Gasteiger partial charge < -0.3 is 14.2 Å². The van der Waals surface area contributed by atoms with Crippen LogP contribution in [-0.4, -0.2) is 78.9 Å². The van der Waals surface area contributed by atoms with Crippen LogP contribution in [0.5, 0.6) is 17.2 Å². The molecule has 240 valence electrons. The van der Waals surface area contributed by atoms with E-state index < -0.39 is 12.7 Å². The van der Waals surface area contributed by atoms with Crippen LogP contribution in [0.1, 0.15) is 23.6 Å². The van der Waals surface area contributed by atoms with Gasteiger partial charge in [0.1, 0.15) is 23.6 Å². The molecule has 13 heteroatoms. The number of hydrogen-bond acceptors (Lipinski definition) is 10. The monoisotopic (exact) mass is 659 g/mol. The zero-order valence-corrected chi connectivity index (χ0v) is 26.8. The number of nitrogens with zero attached hydrogens (tertiary/aromatic N) is 5. The molecule has 2 aliphatic heterocycles. The Kier molecular flexibility index (Phi) is 11.4. The van der Waals surface area contributed by atoms with Crippen LogP contribution in [0.4, 0.5) is 18.3 Å². The number of benzene rings is 3. The molecule has 3 heterocycles. The Balaban J connectivity index is 0.000000598. The molecule has 0 saturated carbocycles. The Morgan fingerprint density at radius 1 is 0.978 bits per heavy atom. The average Bonchev–Trinajstić information content (AvgIpc) is 3.60. The van der Waals surface area contributed by atoms with Crippen LogP contribution in [0.15, 0.2) is 84.0 Å². The molecule has 0 N–H and O–H groups in total. The summed E-state index contributed by atoms with van der Waals surface area (Å²) >= 11 is 2.84. The van der Waals surface area contributed by atoms with Gasteiger partial charge in [0, 0.05) is 72.3 Å². The summed E-state index contributed by atoms with van der Waals surface area (Å²) in [7, 11) is 3.25. The van der Waals surface area contributed by atoms with E-state index in [0.29, 0.717) is 45.1 Å². The van der Waals surface area contributed by atoms with Crippen molar-refractivity contribution in [2.24, 2.45) is 0 Å². The summed E-state index contributed by atoms with van der Waals surface area (Å²) in [5.74, 6) is 2.25. The lowest BCUT2D eigenvalue weighted by Crippen LogP contribution is -2.50. The largest absolute Gasteiger partial charge is 0.497 e. The van der Waals surface area contributed by atoms with E-state index in [1.165, 1.54) is 34.7 Å². The Hall–Kier alpha value is -3.52. The molecular formula is C32H36F3N5O3S2. The maximum absolute atomic E-state index is 12.8. The fourth-order valence-corrected chi connectivity index (χ4v) is 6.86. The average molecular weight is 660 g/mol. The third kappa shape index (κ3) is 9.25. The van der Waals surface area contributed by atoms with Crippen molar-refractivity contribution in [3.8, 4) is 17.2 Å². The fourth-order valence-electron chi connectivity index (χ4n) is 5.34. The highest BCUT2D eigenvalue weighted by Gasteiger charge is 2.35. The van der Waals surface area contributed by atoms with Crippen molar-refractivity contribution in [2.45, 2.75) is 30.1 Å². The first-order chi connectivity index (χ1) is 21.8. The van der Waals surface area contributed by atoms with E-state index in [2.05, 4.69) is 30.7 Å². The van der Waals surface area contributed by atoms with Gasteiger partial charge >= 0.3 is 6.18 Å². The van der Waals surface area contributed by atoms with Gasteiger partial charge in [0.25, 0.3) is 0 Å². The second-order valence-corrected chi connectivity index (χ2v) is 12.3. The normalized spacial score (nSPS) is 17.0. The van der Waals surface area contributed by atoms with Gasteiger partial charge in [-0.15, -0.1) is 0 Å². The van der Waals surface area contributed by atoms with Crippen LogP contribution in [0.3, 0.4) is 0 Å². The van der Waals surface area contributed by atoms with Crippen molar-refractivity contribution in [1.82, 2.24) is 19.2 Å². The lowest BCUT2D eigenvalue weighted by atomic mass is 9.98. The van der Waals surface area contributed by atoms with Gasteiger partial charge in [0.2, 0.25) is 5.13 Å². The van der Waals surface area contributed by atoms with Gasteiger partial charge in [-0.3, -0.25) is 14.1 Å². The number of rotatable bonds is 9. The van der Waals surface area contributed by atoms with Gasteiger partial charge in [-0.05, 0) is 36.2 Å². The summed E-state index contributed by atoms with van der Waals surface area (Å²) < 4.78 is 61.6. The Morgan fingerprint density at radius 3 is 2.33 bits per heavy atom. The molecule has 1 fully saturated rings. The number of ether oxygens (including phenoxy) is 3. The maximum atomic E-state index is 12.8. The summed E-state index contributed by atoms with van der Waals surface area (Å²) in [6.07, 6.45) is -1.82. The number of halogens is 3. The number of aromatic nitrogens is 2. The van der Waals surface area contributed by atoms with Gasteiger partial charge in [0.15, 0.2) is 0 Å². The van der Waals surface area contributed by atoms with Gasteiger partial charge in [-0.1, -0.05) is 42.5 Å². The van der Waals surface area contributed by atoms with E-state index in [1.54, 1.807) is 14.2 Å². The van der Waals surface area contributed by atoms with Crippen molar-refractivity contribution in [3.05, 3.63) is 90.3 Å². The van der Waals surface area contributed by atoms with Crippen molar-refractivity contribution in [3.63, 3.8) is 0 Å². The second-order valence-electron chi connectivity index (χ2n) is 10.5. The first-order valence-corrected chi connectivity index (χ1v) is 16.1. The minimum Gasteiger partial charge on any atom is -0.497 e. The van der Waals surface area contributed by atoms with Crippen LogP contribution in [0, 0.1) is 0 Å². The van der Waals surface area contributed by atoms with Gasteiger partial charge in [0.05, 0.1) is 33.9 Å². The number of alkyl halides is 3. The number of methoxy groups -OCH3 is 2. The van der Waals surface area contributed by atoms with E-state index in [9.17, 15) is 13.2 Å². The molecule has 45 heavy (non-hydrogen) atoms. The Labute approximate surface area is 270 Å². The zero-order valence-electron chi connectivity index (χ0n) is 25.2. The van der Waals surface area contributed by atoms with Crippen molar-refractivity contribution < 1.29 is 27.4 Å². The lowest BCUT2D eigenvalue weighted by molar-refractivity contribution is -0.150. The minimum atomic E-state index is -4.16. The van der Waals surface area contributed by atoms with E-state index in [4.69, 9.17) is 14.2 Å². The van der Waals surface area contributed by atoms with Crippen molar-refractivity contribution in [2.75, 3.05) is 57.9 Å². The molecule has 0 radical (unpaired) electrons. The smallest absolute Gasteiger partial charge is 0.401 e. The van der Waals surface area contributed by atoms with E-state index >= 15 is 0 Å². The molecule has 2 aliphatic rings. The maximum Gasteiger partial charge on any atom is 0.401 e. The molecule has 1 aromatic heterocycles. The first kappa shape index (κ1) is 32.9. The standard InChI is InChI=1S/C26H30F3N5O3S2.C6H6/c1-35-19-4-3-18(23(13-19)36-2)15-34(25-30-17-31-38-25)39-20-5-6-21-22(7-12-37-24(21)14-20)33-10-8-32(9-11-33)16-26(27,28)29;1-2-4-6-5-3-1/h3-6,13-14,17,22H,7-12,15-16H2,1-2H3;1-6H. The molecule has 0 spiro atoms. The molecule has 1 unspecified atom stereocenters. The van der Waals surface area contributed by atoms with Crippen LogP contribution >= 0.6 is 23.5 Å². The van der Waals surface area contributed by atoms with E-state index in [-0.39, 0.29) is 6.04 Å². The predicted molar refractivity (Wildman–Crippen MR) is 171 cm³/mol. The highest BCUT2D eigenvalue weighted by Crippen LogP contribution is 2.41. The predicted octanol–water partition coefficient (Wildman–Crippen LogP) is 6.96. The van der Waals surface area contributed by atoms with Gasteiger partial charge in [-0.25, -0.2) is 4.98 Å². The highest BCUT2D eigenvalue weighted by molar-refractivity contribution is 8.00. The molecule has 0 amide bonds. The molecule has 0 bridgehead atoms. The van der Waals surface area contributed by atoms with Crippen LogP contribution < -0.4 is 18.5 Å². The first-order valence-electron chi connectivity index (χ1n) is 14.6. The molecule has 6 rings (SSSR count). The molecule has 0 aliphatic carbocycles. The summed E-state index contributed by atoms with van der Waals surface area (Å²) in [5, 5.41) is 0.756. The zero-order chi connectivity index (χ0) is 31.6. The summed E-state index contributed by atoms with van der Waals surface area (Å²) in [4.78, 5) is 9.17. The number of anilines is 1. The topological polar surface area (TPSA) is 63.2 Å². The van der Waals surface area contributed by atoms with E-state index in [0.717, 1.165) is 39.1 Å². The molecular weight excluding hydrogens is 624 g/mol. The van der Waals surface area contributed by atoms with Crippen LogP contribution in [-0.2, 0) is 6.54 Å². The van der Waals surface area contributed by atoms with Crippen LogP contribution in [0.2, 0.25) is 0 Å². The fraction of sp³-hybridized carbons (Fsp3) is 0.375. The third-order valence-electron chi connectivity index (χ3n) is 7.50. The van der Waals surface area contributed by atoms with Crippen LogP contribution in [0.25, 0.3) is 0 Å². The summed E-state index contributed by atoms with van der Waals surface area (Å²) in [6, 6.07) is 24.0. The molecule has 3 aromatic carbocycles. The number of fused-ring (bicyclic) bond motifs is 1. The van der Waals surface area contributed by atoms with Crippen molar-refractivity contribution in [1.29, 1.82) is 0 Å². The Morgan fingerprint density at radius 2 is 1.71 bits per heavy atom. The highest BCUT2D eigenvalue weighted by atomic mass is 32.2. The lowest BCUT2D eigenvalue weighted by Gasteiger charge is -2.41. The summed E-state index contributed by atoms with van der Waals surface area (Å²) in [6.45, 7) is 2.26. The SMILES string of the molecule is COc1ccc(CN(Sc2ccc3c(c2)OCCC3N2CCN(CC(F)(F)F)CC2)c2ncns2)c(OC)c1.c1ccccc1. The molecule has 1 atom stereocenters. The summed E-state index contributed by atoms with van der Waals surface area (Å²) in [5.41, 5.74) is 2.05. The van der Waals surface area contributed by atoms with Crippen molar-refractivity contribution >= 4 is 28.6 Å². The third-order valence-corrected chi connectivity index (χ3v) is 9.29. The number of hydrogen-bond donors (Lipinski definition) is 0. The minimum absolute atomic E-state index is 0.128. The molecule has 1 saturated heterocycles. The quantitative estimate of drug-likeness (QED) is 0.178. The molecule has 8 nitrogen and oxygen atoms in total.